The van der Waals surface area contributed by atoms with Gasteiger partial charge in [0.2, 0.25) is 0 Å². The second kappa shape index (κ2) is 7.98. The molecular weight excluding hydrogens is 400 g/mol. The predicted molar refractivity (Wildman–Crippen MR) is 124 cm³/mol. The molecule has 1 saturated heterocycles. The fraction of sp³-hybridized carbons (Fsp3) is 0.360. The van der Waals surface area contributed by atoms with Crippen LogP contribution in [0.15, 0.2) is 67.1 Å². The summed E-state index contributed by atoms with van der Waals surface area (Å²) in [5, 5.41) is 3.29. The van der Waals surface area contributed by atoms with E-state index in [4.69, 9.17) is 0 Å². The molecule has 32 heavy (non-hydrogen) atoms. The topological polar surface area (TPSA) is 74.2 Å². The molecule has 1 aromatic carbocycles. The molecule has 1 spiro atoms. The Balaban J connectivity index is 1.33. The number of anilines is 1. The van der Waals surface area contributed by atoms with Crippen molar-refractivity contribution < 1.29 is 4.79 Å². The molecule has 0 unspecified atom stereocenters. The summed E-state index contributed by atoms with van der Waals surface area (Å²) in [6.45, 7) is 0.635. The van der Waals surface area contributed by atoms with Gasteiger partial charge < -0.3 is 5.32 Å². The highest BCUT2D eigenvalue weighted by Gasteiger charge is 2.50. The lowest BCUT2D eigenvalue weighted by Gasteiger charge is -2.48. The van der Waals surface area contributed by atoms with Crippen LogP contribution in [0.25, 0.3) is 11.5 Å². The molecule has 2 aliphatic rings. The first kappa shape index (κ1) is 20.6. The zero-order chi connectivity index (χ0) is 22.2. The minimum Gasteiger partial charge on any atom is -0.330 e. The third-order valence-electron chi connectivity index (χ3n) is 7.12. The monoisotopic (exact) mass is 428 g/mol. The molecule has 2 fully saturated rings. The number of pyridine rings is 1. The van der Waals surface area contributed by atoms with Crippen LogP contribution in [0.4, 0.5) is 10.5 Å². The summed E-state index contributed by atoms with van der Waals surface area (Å²) in [6, 6.07) is 16.3. The van der Waals surface area contributed by atoms with E-state index >= 15 is 0 Å². The Morgan fingerprint density at radius 2 is 1.59 bits per heavy atom. The van der Waals surface area contributed by atoms with E-state index < -0.39 is 0 Å². The van der Waals surface area contributed by atoms with Gasteiger partial charge in [0, 0.05) is 11.7 Å². The Morgan fingerprint density at radius 3 is 2.22 bits per heavy atom. The number of aromatic nitrogens is 3. The normalized spacial score (nSPS) is 25.3. The fourth-order valence-electron chi connectivity index (χ4n) is 5.17. The second-order valence-electron chi connectivity index (χ2n) is 9.07. The molecule has 3 aromatic rings. The zero-order valence-corrected chi connectivity index (χ0v) is 18.5. The molecule has 1 saturated carbocycles. The first-order valence-corrected chi connectivity index (χ1v) is 11.1. The average Bonchev–Trinajstić information content (AvgIpc) is 3.16. The average molecular weight is 429 g/mol. The largest absolute Gasteiger partial charge is 0.330 e. The molecule has 7 heteroatoms. The van der Waals surface area contributed by atoms with Gasteiger partial charge in [-0.15, -0.1) is 0 Å². The summed E-state index contributed by atoms with van der Waals surface area (Å²) in [4.78, 5) is 30.2. The summed E-state index contributed by atoms with van der Waals surface area (Å²) in [5.41, 5.74) is 2.56. The third kappa shape index (κ3) is 3.52. The number of nitrogens with one attached hydrogen (secondary N) is 1. The van der Waals surface area contributed by atoms with Gasteiger partial charge in [0.05, 0.1) is 30.2 Å². The lowest BCUT2D eigenvalue weighted by Crippen LogP contribution is -2.54. The van der Waals surface area contributed by atoms with Gasteiger partial charge in [-0.1, -0.05) is 36.4 Å². The Bertz CT molecular complexity index is 1080. The Labute approximate surface area is 188 Å². The van der Waals surface area contributed by atoms with Crippen LogP contribution in [-0.2, 0) is 5.54 Å². The highest BCUT2D eigenvalue weighted by atomic mass is 16.2. The summed E-state index contributed by atoms with van der Waals surface area (Å²) >= 11 is 0. The SMILES string of the molecule is CN(C)[C@]1(c2ccccc2)CC[C@@]2(CC1)CN(c1cnc(-c3ccccn3)nc1)C(=O)N2. The number of benzene rings is 1. The van der Waals surface area contributed by atoms with E-state index in [0.29, 0.717) is 18.1 Å². The summed E-state index contributed by atoms with van der Waals surface area (Å²) in [7, 11) is 4.32. The quantitative estimate of drug-likeness (QED) is 0.684. The minimum atomic E-state index is -0.217. The van der Waals surface area contributed by atoms with Crippen molar-refractivity contribution in [2.24, 2.45) is 0 Å². The van der Waals surface area contributed by atoms with Crippen LogP contribution < -0.4 is 10.2 Å². The third-order valence-corrected chi connectivity index (χ3v) is 7.12. The zero-order valence-electron chi connectivity index (χ0n) is 18.5. The molecule has 2 aromatic heterocycles. The standard InChI is InChI=1S/C25H28N6O/c1-30(2)25(19-8-4-3-5-9-19)13-11-24(12-14-25)18-31(23(32)29-24)20-16-27-22(28-17-20)21-10-6-7-15-26-21/h3-10,15-17H,11-14,18H2,1-2H3,(H,29,32)/t24-,25-. The molecule has 2 amide bonds. The van der Waals surface area contributed by atoms with Gasteiger partial charge in [-0.05, 0) is 57.5 Å². The fourth-order valence-corrected chi connectivity index (χ4v) is 5.17. The molecule has 0 bridgehead atoms. The maximum absolute atomic E-state index is 12.9. The van der Waals surface area contributed by atoms with E-state index in [1.807, 2.05) is 18.2 Å². The molecule has 5 rings (SSSR count). The van der Waals surface area contributed by atoms with E-state index in [-0.39, 0.29) is 17.1 Å². The van der Waals surface area contributed by atoms with Gasteiger partial charge in [-0.3, -0.25) is 14.8 Å². The summed E-state index contributed by atoms with van der Waals surface area (Å²) in [5.74, 6) is 0.556. The van der Waals surface area contributed by atoms with Crippen molar-refractivity contribution in [2.45, 2.75) is 36.8 Å². The first-order valence-electron chi connectivity index (χ1n) is 11.1. The number of hydrogen-bond donors (Lipinski definition) is 1. The van der Waals surface area contributed by atoms with Gasteiger partial charge in [0.1, 0.15) is 5.69 Å². The Hall–Kier alpha value is -3.32. The van der Waals surface area contributed by atoms with E-state index in [2.05, 4.69) is 69.6 Å². The van der Waals surface area contributed by atoms with E-state index in [9.17, 15) is 4.79 Å². The van der Waals surface area contributed by atoms with Crippen LogP contribution in [0.2, 0.25) is 0 Å². The van der Waals surface area contributed by atoms with E-state index in [0.717, 1.165) is 31.4 Å². The highest BCUT2D eigenvalue weighted by Crippen LogP contribution is 2.46. The maximum atomic E-state index is 12.9. The molecule has 0 atom stereocenters. The van der Waals surface area contributed by atoms with Crippen molar-refractivity contribution in [1.29, 1.82) is 0 Å². The van der Waals surface area contributed by atoms with Gasteiger partial charge in [-0.25, -0.2) is 14.8 Å². The number of carbonyl (C=O) groups is 1. The molecule has 164 valence electrons. The van der Waals surface area contributed by atoms with Crippen molar-refractivity contribution in [3.63, 3.8) is 0 Å². The molecule has 1 aliphatic carbocycles. The van der Waals surface area contributed by atoms with E-state index in [1.165, 1.54) is 5.56 Å². The first-order chi connectivity index (χ1) is 15.5. The van der Waals surface area contributed by atoms with Gasteiger partial charge in [0.15, 0.2) is 5.82 Å². The van der Waals surface area contributed by atoms with E-state index in [1.54, 1.807) is 23.5 Å². The van der Waals surface area contributed by atoms with Crippen molar-refractivity contribution in [2.75, 3.05) is 25.5 Å². The summed E-state index contributed by atoms with van der Waals surface area (Å²) < 4.78 is 0. The van der Waals surface area contributed by atoms with Gasteiger partial charge in [0.25, 0.3) is 0 Å². The lowest BCUT2D eigenvalue weighted by atomic mass is 9.69. The number of urea groups is 1. The maximum Gasteiger partial charge on any atom is 0.322 e. The lowest BCUT2D eigenvalue weighted by molar-refractivity contribution is 0.0658. The van der Waals surface area contributed by atoms with Gasteiger partial charge in [-0.2, -0.15) is 0 Å². The molecule has 1 N–H and O–H groups in total. The number of hydrogen-bond acceptors (Lipinski definition) is 5. The van der Waals surface area contributed by atoms with Crippen LogP contribution in [0.3, 0.4) is 0 Å². The smallest absolute Gasteiger partial charge is 0.322 e. The Morgan fingerprint density at radius 1 is 0.906 bits per heavy atom. The Kier molecular flexibility index (Phi) is 5.13. The molecule has 0 radical (unpaired) electrons. The molecule has 3 heterocycles. The predicted octanol–water partition coefficient (Wildman–Crippen LogP) is 3.84. The van der Waals surface area contributed by atoms with Gasteiger partial charge >= 0.3 is 6.03 Å². The highest BCUT2D eigenvalue weighted by molar-refractivity contribution is 5.95. The summed E-state index contributed by atoms with van der Waals surface area (Å²) in [6.07, 6.45) is 8.99. The van der Waals surface area contributed by atoms with Crippen molar-refractivity contribution >= 4 is 11.7 Å². The molecule has 1 aliphatic heterocycles. The number of rotatable bonds is 4. The second-order valence-corrected chi connectivity index (χ2v) is 9.07. The number of amides is 2. The van der Waals surface area contributed by atoms with Crippen molar-refractivity contribution in [3.8, 4) is 11.5 Å². The van der Waals surface area contributed by atoms with Crippen LogP contribution in [0, 0.1) is 0 Å². The number of carbonyl (C=O) groups excluding carboxylic acids is 1. The van der Waals surface area contributed by atoms with Crippen molar-refractivity contribution in [3.05, 3.63) is 72.7 Å². The number of nitrogens with zero attached hydrogens (tertiary/aromatic N) is 5. The van der Waals surface area contributed by atoms with Crippen LogP contribution >= 0.6 is 0 Å². The van der Waals surface area contributed by atoms with Crippen molar-refractivity contribution in [1.82, 2.24) is 25.2 Å². The van der Waals surface area contributed by atoms with Crippen LogP contribution in [0.1, 0.15) is 31.2 Å². The van der Waals surface area contributed by atoms with Crippen LogP contribution in [0.5, 0.6) is 0 Å². The minimum absolute atomic E-state index is 0.00188. The molecular formula is C25H28N6O. The molecule has 7 nitrogen and oxygen atoms in total. The van der Waals surface area contributed by atoms with Crippen LogP contribution in [-0.4, -0.2) is 52.1 Å².